The lowest BCUT2D eigenvalue weighted by Crippen LogP contribution is -2.38. The smallest absolute Gasteiger partial charge is 0.232 e. The summed E-state index contributed by atoms with van der Waals surface area (Å²) < 4.78 is 12.7. The summed E-state index contributed by atoms with van der Waals surface area (Å²) in [6.07, 6.45) is 2.24. The molecule has 0 bridgehead atoms. The third-order valence-electron chi connectivity index (χ3n) is 3.54. The van der Waals surface area contributed by atoms with Crippen LogP contribution >= 0.6 is 11.8 Å². The molecule has 2 nitrogen and oxygen atoms in total. The largest absolute Gasteiger partial charge is 0.342 e. The van der Waals surface area contributed by atoms with Crippen LogP contribution in [0.15, 0.2) is 24.3 Å². The van der Waals surface area contributed by atoms with Gasteiger partial charge in [-0.15, -0.1) is 11.8 Å². The Morgan fingerprint density at radius 3 is 2.58 bits per heavy atom. The van der Waals surface area contributed by atoms with Crippen molar-refractivity contribution >= 4 is 17.7 Å². The van der Waals surface area contributed by atoms with Crippen molar-refractivity contribution in [2.75, 3.05) is 18.8 Å². The van der Waals surface area contributed by atoms with Gasteiger partial charge in [0.2, 0.25) is 5.91 Å². The van der Waals surface area contributed by atoms with E-state index in [2.05, 4.69) is 6.92 Å². The van der Waals surface area contributed by atoms with Crippen molar-refractivity contribution in [2.24, 2.45) is 5.92 Å². The second kappa shape index (κ2) is 6.94. The summed E-state index contributed by atoms with van der Waals surface area (Å²) in [5.74, 6) is 2.05. The van der Waals surface area contributed by atoms with Crippen LogP contribution in [-0.4, -0.2) is 29.6 Å². The van der Waals surface area contributed by atoms with E-state index in [1.54, 1.807) is 23.9 Å². The molecule has 0 saturated carbocycles. The number of carbonyl (C=O) groups excluding carboxylic acids is 1. The molecular formula is C15H20FNOS. The maximum atomic E-state index is 12.7. The fourth-order valence-corrected chi connectivity index (χ4v) is 3.07. The van der Waals surface area contributed by atoms with Crippen LogP contribution in [0.1, 0.15) is 25.3 Å². The van der Waals surface area contributed by atoms with E-state index in [1.165, 1.54) is 12.1 Å². The third-order valence-corrected chi connectivity index (χ3v) is 4.53. The Balaban J connectivity index is 1.70. The molecule has 104 valence electrons. The first-order chi connectivity index (χ1) is 9.15. The number of hydrogen-bond acceptors (Lipinski definition) is 2. The second-order valence-electron chi connectivity index (χ2n) is 5.18. The highest BCUT2D eigenvalue weighted by Crippen LogP contribution is 2.18. The van der Waals surface area contributed by atoms with Crippen LogP contribution < -0.4 is 0 Å². The number of piperidine rings is 1. The number of hydrogen-bond donors (Lipinski definition) is 0. The predicted octanol–water partition coefficient (Wildman–Crippen LogP) is 3.32. The zero-order valence-corrected chi connectivity index (χ0v) is 12.1. The van der Waals surface area contributed by atoms with Crippen LogP contribution in [0.5, 0.6) is 0 Å². The van der Waals surface area contributed by atoms with Gasteiger partial charge in [0.25, 0.3) is 0 Å². The molecular weight excluding hydrogens is 261 g/mol. The van der Waals surface area contributed by atoms with Crippen molar-refractivity contribution in [3.63, 3.8) is 0 Å². The molecule has 1 aliphatic heterocycles. The maximum absolute atomic E-state index is 12.7. The lowest BCUT2D eigenvalue weighted by Gasteiger charge is -2.30. The molecule has 0 aromatic heterocycles. The molecule has 1 aromatic rings. The molecule has 0 N–H and O–H groups in total. The average Bonchev–Trinajstić information content (AvgIpc) is 2.41. The first-order valence-electron chi connectivity index (χ1n) is 6.75. The molecule has 4 heteroatoms. The van der Waals surface area contributed by atoms with Crippen molar-refractivity contribution in [1.29, 1.82) is 0 Å². The van der Waals surface area contributed by atoms with Gasteiger partial charge in [0.05, 0.1) is 5.75 Å². The number of rotatable bonds is 4. The summed E-state index contributed by atoms with van der Waals surface area (Å²) in [4.78, 5) is 14.0. The highest BCUT2D eigenvalue weighted by atomic mass is 32.2. The Kier molecular flexibility index (Phi) is 5.25. The molecule has 1 amide bonds. The monoisotopic (exact) mass is 281 g/mol. The van der Waals surface area contributed by atoms with Gasteiger partial charge in [-0.2, -0.15) is 0 Å². The number of benzene rings is 1. The molecule has 0 unspecified atom stereocenters. The summed E-state index contributed by atoms with van der Waals surface area (Å²) >= 11 is 1.60. The van der Waals surface area contributed by atoms with Crippen LogP contribution in [0.25, 0.3) is 0 Å². The minimum absolute atomic E-state index is 0.215. The van der Waals surface area contributed by atoms with Crippen LogP contribution in [0, 0.1) is 11.7 Å². The molecule has 19 heavy (non-hydrogen) atoms. The molecule has 0 spiro atoms. The average molecular weight is 281 g/mol. The minimum Gasteiger partial charge on any atom is -0.342 e. The zero-order valence-electron chi connectivity index (χ0n) is 11.3. The summed E-state index contributed by atoms with van der Waals surface area (Å²) in [5.41, 5.74) is 1.06. The van der Waals surface area contributed by atoms with Gasteiger partial charge in [0.15, 0.2) is 0 Å². The first kappa shape index (κ1) is 14.4. The molecule has 0 aliphatic carbocycles. The third kappa shape index (κ3) is 4.53. The Bertz CT molecular complexity index is 413. The summed E-state index contributed by atoms with van der Waals surface area (Å²) in [7, 11) is 0. The molecule has 1 saturated heterocycles. The van der Waals surface area contributed by atoms with Gasteiger partial charge in [-0.25, -0.2) is 4.39 Å². The molecule has 1 aliphatic rings. The van der Waals surface area contributed by atoms with Crippen molar-refractivity contribution in [1.82, 2.24) is 4.90 Å². The van der Waals surface area contributed by atoms with E-state index in [0.29, 0.717) is 5.75 Å². The Hall–Kier alpha value is -1.03. The second-order valence-corrected chi connectivity index (χ2v) is 6.17. The summed E-state index contributed by atoms with van der Waals surface area (Å²) in [6.45, 7) is 4.04. The van der Waals surface area contributed by atoms with E-state index < -0.39 is 0 Å². The molecule has 0 atom stereocenters. The van der Waals surface area contributed by atoms with Gasteiger partial charge in [-0.05, 0) is 36.5 Å². The Morgan fingerprint density at radius 1 is 1.32 bits per heavy atom. The number of amides is 1. The Labute approximate surface area is 118 Å². The van der Waals surface area contributed by atoms with Crippen LogP contribution in [-0.2, 0) is 10.5 Å². The van der Waals surface area contributed by atoms with Crippen LogP contribution in [0.3, 0.4) is 0 Å². The molecule has 1 fully saturated rings. The van der Waals surface area contributed by atoms with Gasteiger partial charge < -0.3 is 4.90 Å². The van der Waals surface area contributed by atoms with Crippen LogP contribution in [0.4, 0.5) is 4.39 Å². The highest BCUT2D eigenvalue weighted by molar-refractivity contribution is 7.99. The molecule has 2 rings (SSSR count). The highest BCUT2D eigenvalue weighted by Gasteiger charge is 2.19. The normalized spacial score (nSPS) is 16.6. The number of likely N-dealkylation sites (tertiary alicyclic amines) is 1. The van der Waals surface area contributed by atoms with E-state index in [4.69, 9.17) is 0 Å². The van der Waals surface area contributed by atoms with Crippen molar-refractivity contribution in [3.05, 3.63) is 35.6 Å². The quantitative estimate of drug-likeness (QED) is 0.844. The SMILES string of the molecule is CC1CCN(C(=O)CSCc2ccc(F)cc2)CC1. The molecule has 1 aromatic carbocycles. The lowest BCUT2D eigenvalue weighted by molar-refractivity contribution is -0.129. The van der Waals surface area contributed by atoms with E-state index in [0.717, 1.165) is 43.2 Å². The summed E-state index contributed by atoms with van der Waals surface area (Å²) in [6, 6.07) is 6.47. The van der Waals surface area contributed by atoms with Crippen molar-refractivity contribution < 1.29 is 9.18 Å². The molecule has 0 radical (unpaired) electrons. The first-order valence-corrected chi connectivity index (χ1v) is 7.90. The fourth-order valence-electron chi connectivity index (χ4n) is 2.19. The van der Waals surface area contributed by atoms with E-state index >= 15 is 0 Å². The van der Waals surface area contributed by atoms with Crippen LogP contribution in [0.2, 0.25) is 0 Å². The van der Waals surface area contributed by atoms with Gasteiger partial charge >= 0.3 is 0 Å². The fraction of sp³-hybridized carbons (Fsp3) is 0.533. The van der Waals surface area contributed by atoms with E-state index in [1.807, 2.05) is 4.90 Å². The standard InChI is InChI=1S/C15H20FNOS/c1-12-6-8-17(9-7-12)15(18)11-19-10-13-2-4-14(16)5-3-13/h2-5,12H,6-11H2,1H3. The maximum Gasteiger partial charge on any atom is 0.232 e. The van der Waals surface area contributed by atoms with Gasteiger partial charge in [0.1, 0.15) is 5.82 Å². The number of thioether (sulfide) groups is 1. The molecule has 1 heterocycles. The van der Waals surface area contributed by atoms with Crippen molar-refractivity contribution in [2.45, 2.75) is 25.5 Å². The topological polar surface area (TPSA) is 20.3 Å². The predicted molar refractivity (Wildman–Crippen MR) is 77.5 cm³/mol. The Morgan fingerprint density at radius 2 is 1.95 bits per heavy atom. The zero-order chi connectivity index (χ0) is 13.7. The minimum atomic E-state index is -0.215. The van der Waals surface area contributed by atoms with Crippen molar-refractivity contribution in [3.8, 4) is 0 Å². The van der Waals surface area contributed by atoms with E-state index in [9.17, 15) is 9.18 Å². The number of halogens is 1. The van der Waals surface area contributed by atoms with E-state index in [-0.39, 0.29) is 11.7 Å². The summed E-state index contributed by atoms with van der Waals surface area (Å²) in [5, 5.41) is 0. The van der Waals surface area contributed by atoms with Gasteiger partial charge in [0, 0.05) is 18.8 Å². The number of nitrogens with zero attached hydrogens (tertiary/aromatic N) is 1. The van der Waals surface area contributed by atoms with Gasteiger partial charge in [-0.1, -0.05) is 19.1 Å². The van der Waals surface area contributed by atoms with Gasteiger partial charge in [-0.3, -0.25) is 4.79 Å². The number of carbonyl (C=O) groups is 1. The lowest BCUT2D eigenvalue weighted by atomic mass is 9.99.